The maximum Gasteiger partial charge on any atom is 0.410 e. The van der Waals surface area contributed by atoms with Crippen molar-refractivity contribution in [2.45, 2.75) is 25.5 Å². The van der Waals surface area contributed by atoms with E-state index in [2.05, 4.69) is 15.3 Å². The van der Waals surface area contributed by atoms with Crippen LogP contribution in [0.1, 0.15) is 18.7 Å². The van der Waals surface area contributed by atoms with Crippen molar-refractivity contribution in [3.63, 3.8) is 0 Å². The lowest BCUT2D eigenvalue weighted by Gasteiger charge is -2.19. The predicted octanol–water partition coefficient (Wildman–Crippen LogP) is 1.75. The number of hydrogen-bond acceptors (Lipinski definition) is 7. The summed E-state index contributed by atoms with van der Waals surface area (Å²) in [6.45, 7) is 0.0199. The van der Waals surface area contributed by atoms with Gasteiger partial charge in [-0.15, -0.1) is 0 Å². The summed E-state index contributed by atoms with van der Waals surface area (Å²) in [6.07, 6.45) is 3.81. The van der Waals surface area contributed by atoms with E-state index in [0.29, 0.717) is 16.9 Å². The molecule has 3 amide bonds. The summed E-state index contributed by atoms with van der Waals surface area (Å²) in [5.74, 6) is -0.884. The molecule has 2 aromatic heterocycles. The molecular weight excluding hydrogens is 497 g/mol. The van der Waals surface area contributed by atoms with Crippen molar-refractivity contribution in [3.05, 3.63) is 64.9 Å². The number of nitrogens with zero attached hydrogens (tertiary/aromatic N) is 6. The second kappa shape index (κ2) is 12.1. The van der Waals surface area contributed by atoms with Crippen molar-refractivity contribution in [1.29, 1.82) is 0 Å². The van der Waals surface area contributed by atoms with Crippen LogP contribution in [-0.4, -0.2) is 81.1 Å². The minimum atomic E-state index is -1.23. The van der Waals surface area contributed by atoms with E-state index < -0.39 is 29.5 Å². The summed E-state index contributed by atoms with van der Waals surface area (Å²) in [7, 11) is 7.91. The van der Waals surface area contributed by atoms with Gasteiger partial charge in [-0.2, -0.15) is 0 Å². The summed E-state index contributed by atoms with van der Waals surface area (Å²) >= 11 is 0. The molecule has 13 heteroatoms. The molecule has 1 atom stereocenters. The number of ether oxygens (including phenoxy) is 1. The SMILES string of the molecule is CN(C)C(=O)/C=C/CC[C@H](OC(=O)N(C)C)C(=O)Nc1cncn(Cc2nc3cc(F)ccc3n2C)c1=O. The maximum absolute atomic E-state index is 13.6. The molecule has 0 spiro atoms. The van der Waals surface area contributed by atoms with Gasteiger partial charge in [-0.3, -0.25) is 19.0 Å². The van der Waals surface area contributed by atoms with Crippen LogP contribution in [0.4, 0.5) is 14.9 Å². The quantitative estimate of drug-likeness (QED) is 0.420. The number of aromatic nitrogens is 4. The summed E-state index contributed by atoms with van der Waals surface area (Å²) < 4.78 is 21.9. The number of halogens is 1. The van der Waals surface area contributed by atoms with Crippen LogP contribution in [0.15, 0.2) is 47.7 Å². The first kappa shape index (κ1) is 28.0. The number of likely N-dealkylation sites (N-methyl/N-ethyl adjacent to an activating group) is 1. The van der Waals surface area contributed by atoms with E-state index in [1.54, 1.807) is 37.9 Å². The molecule has 2 heterocycles. The molecule has 0 fully saturated rings. The number of imidazole rings is 1. The second-order valence-electron chi connectivity index (χ2n) is 8.93. The topological polar surface area (TPSA) is 132 Å². The molecule has 1 N–H and O–H groups in total. The van der Waals surface area contributed by atoms with E-state index in [-0.39, 0.29) is 31.0 Å². The van der Waals surface area contributed by atoms with E-state index >= 15 is 0 Å². The Bertz CT molecular complexity index is 1430. The third-order valence-electron chi connectivity index (χ3n) is 5.60. The van der Waals surface area contributed by atoms with Gasteiger partial charge in [0.05, 0.1) is 30.1 Å². The molecule has 0 bridgehead atoms. The van der Waals surface area contributed by atoms with E-state index in [1.807, 2.05) is 0 Å². The summed E-state index contributed by atoms with van der Waals surface area (Å²) in [6, 6.07) is 4.23. The summed E-state index contributed by atoms with van der Waals surface area (Å²) in [5, 5.41) is 2.49. The van der Waals surface area contributed by atoms with Gasteiger partial charge in [-0.1, -0.05) is 6.08 Å². The number of fused-ring (bicyclic) bond motifs is 1. The Kier molecular flexibility index (Phi) is 8.94. The molecule has 0 radical (unpaired) electrons. The van der Waals surface area contributed by atoms with Gasteiger partial charge >= 0.3 is 6.09 Å². The first-order chi connectivity index (χ1) is 18.0. The largest absolute Gasteiger partial charge is 0.436 e. The molecule has 0 saturated heterocycles. The summed E-state index contributed by atoms with van der Waals surface area (Å²) in [4.78, 5) is 60.9. The number of allylic oxidation sites excluding steroid dienone is 1. The Labute approximate surface area is 218 Å². The molecule has 202 valence electrons. The number of carbonyl (C=O) groups excluding carboxylic acids is 3. The van der Waals surface area contributed by atoms with Crippen LogP contribution in [0.5, 0.6) is 0 Å². The van der Waals surface area contributed by atoms with Crippen LogP contribution in [0.2, 0.25) is 0 Å². The van der Waals surface area contributed by atoms with Gasteiger partial charge in [-0.05, 0) is 31.1 Å². The Morgan fingerprint density at radius 1 is 1.18 bits per heavy atom. The van der Waals surface area contributed by atoms with Crippen molar-refractivity contribution < 1.29 is 23.5 Å². The van der Waals surface area contributed by atoms with Crippen LogP contribution in [0.3, 0.4) is 0 Å². The molecule has 3 rings (SSSR count). The molecule has 3 aromatic rings. The fourth-order valence-electron chi connectivity index (χ4n) is 3.43. The number of amides is 3. The van der Waals surface area contributed by atoms with Crippen LogP contribution in [0.25, 0.3) is 11.0 Å². The van der Waals surface area contributed by atoms with Gasteiger partial charge in [0.2, 0.25) is 5.91 Å². The molecule has 0 saturated carbocycles. The zero-order valence-electron chi connectivity index (χ0n) is 21.8. The van der Waals surface area contributed by atoms with E-state index in [1.165, 1.54) is 59.2 Å². The van der Waals surface area contributed by atoms with Crippen molar-refractivity contribution in [3.8, 4) is 0 Å². The highest BCUT2D eigenvalue weighted by Gasteiger charge is 2.24. The second-order valence-corrected chi connectivity index (χ2v) is 8.93. The van der Waals surface area contributed by atoms with E-state index in [4.69, 9.17) is 4.74 Å². The smallest absolute Gasteiger partial charge is 0.410 e. The Balaban J connectivity index is 1.78. The standard InChI is InChI=1S/C25H30FN7O5/c1-30(2)22(34)9-7-6-8-20(38-25(37)31(3)4)23(35)29-18-13-27-15-33(24(18)36)14-21-28-17-12-16(26)10-11-19(17)32(21)5/h7,9-13,15,20H,6,8,14H2,1-5H3,(H,29,35)/b9-7+/t20-/m0/s1. The average molecular weight is 528 g/mol. The molecule has 0 aliphatic rings. The Morgan fingerprint density at radius 2 is 1.92 bits per heavy atom. The first-order valence-electron chi connectivity index (χ1n) is 11.7. The fourth-order valence-corrected chi connectivity index (χ4v) is 3.43. The molecule has 12 nitrogen and oxygen atoms in total. The van der Waals surface area contributed by atoms with Gasteiger partial charge in [0, 0.05) is 41.3 Å². The van der Waals surface area contributed by atoms with Crippen molar-refractivity contribution in [2.75, 3.05) is 33.5 Å². The van der Waals surface area contributed by atoms with Crippen molar-refractivity contribution in [2.24, 2.45) is 7.05 Å². The van der Waals surface area contributed by atoms with Gasteiger partial charge in [0.1, 0.15) is 17.3 Å². The third kappa shape index (κ3) is 6.81. The molecular formula is C25H30FN7O5. The van der Waals surface area contributed by atoms with Crippen LogP contribution < -0.4 is 10.9 Å². The van der Waals surface area contributed by atoms with Gasteiger partial charge < -0.3 is 24.4 Å². The van der Waals surface area contributed by atoms with Gasteiger partial charge in [0.15, 0.2) is 6.10 Å². The number of carbonyl (C=O) groups is 3. The number of nitrogens with one attached hydrogen (secondary N) is 1. The summed E-state index contributed by atoms with van der Waals surface area (Å²) in [5.41, 5.74) is 0.464. The highest BCUT2D eigenvalue weighted by Crippen LogP contribution is 2.17. The molecule has 0 unspecified atom stereocenters. The molecule has 1 aromatic carbocycles. The molecule has 38 heavy (non-hydrogen) atoms. The van der Waals surface area contributed by atoms with Gasteiger partial charge in [0.25, 0.3) is 11.5 Å². The monoisotopic (exact) mass is 527 g/mol. The highest BCUT2D eigenvalue weighted by molar-refractivity contribution is 5.95. The molecule has 0 aliphatic carbocycles. The number of rotatable bonds is 9. The normalized spacial score (nSPS) is 11.9. The number of hydrogen-bond donors (Lipinski definition) is 1. The number of anilines is 1. The zero-order valence-corrected chi connectivity index (χ0v) is 21.8. The van der Waals surface area contributed by atoms with Crippen molar-refractivity contribution >= 4 is 34.6 Å². The zero-order chi connectivity index (χ0) is 28.0. The van der Waals surface area contributed by atoms with Crippen molar-refractivity contribution in [1.82, 2.24) is 28.9 Å². The lowest BCUT2D eigenvalue weighted by atomic mass is 10.1. The number of aryl methyl sites for hydroxylation is 1. The van der Waals surface area contributed by atoms with Crippen LogP contribution in [-0.2, 0) is 27.9 Å². The fraction of sp³-hybridized carbons (Fsp3) is 0.360. The Morgan fingerprint density at radius 3 is 2.61 bits per heavy atom. The highest BCUT2D eigenvalue weighted by atomic mass is 19.1. The first-order valence-corrected chi connectivity index (χ1v) is 11.7. The lowest BCUT2D eigenvalue weighted by molar-refractivity contribution is -0.125. The van der Waals surface area contributed by atoms with E-state index in [0.717, 1.165) is 0 Å². The average Bonchev–Trinajstić information content (AvgIpc) is 3.16. The Hall–Kier alpha value is -4.55. The maximum atomic E-state index is 13.6. The minimum absolute atomic E-state index is 0.0199. The predicted molar refractivity (Wildman–Crippen MR) is 138 cm³/mol. The number of benzene rings is 1. The third-order valence-corrected chi connectivity index (χ3v) is 5.60. The van der Waals surface area contributed by atoms with Gasteiger partial charge in [-0.25, -0.2) is 19.2 Å². The lowest BCUT2D eigenvalue weighted by Crippen LogP contribution is -2.37. The van der Waals surface area contributed by atoms with E-state index in [9.17, 15) is 23.6 Å². The minimum Gasteiger partial charge on any atom is -0.436 e. The van der Waals surface area contributed by atoms with Crippen LogP contribution in [0, 0.1) is 5.82 Å². The molecule has 0 aliphatic heterocycles. The van der Waals surface area contributed by atoms with Crippen LogP contribution >= 0.6 is 0 Å².